The van der Waals surface area contributed by atoms with Gasteiger partial charge in [-0.15, -0.1) is 11.8 Å². The van der Waals surface area contributed by atoms with Crippen molar-refractivity contribution in [2.45, 2.75) is 37.5 Å². The summed E-state index contributed by atoms with van der Waals surface area (Å²) in [6.45, 7) is 0. The number of rotatable bonds is 6. The van der Waals surface area contributed by atoms with Gasteiger partial charge in [0, 0.05) is 11.8 Å². The lowest BCUT2D eigenvalue weighted by atomic mass is 9.95. The minimum atomic E-state index is 0.200. The molecule has 3 unspecified atom stereocenters. The molecule has 1 amide bonds. The summed E-state index contributed by atoms with van der Waals surface area (Å²) in [5, 5.41) is 3.24. The van der Waals surface area contributed by atoms with Gasteiger partial charge in [-0.05, 0) is 48.8 Å². The fourth-order valence-corrected chi connectivity index (χ4v) is 4.45. The van der Waals surface area contributed by atoms with Crippen LogP contribution in [0.5, 0.6) is 5.75 Å². The molecule has 0 aromatic heterocycles. The van der Waals surface area contributed by atoms with E-state index in [0.29, 0.717) is 11.8 Å². The third-order valence-corrected chi connectivity index (χ3v) is 5.75. The Kier molecular flexibility index (Phi) is 4.73. The maximum Gasteiger partial charge on any atom is 0.230 e. The van der Waals surface area contributed by atoms with Crippen LogP contribution in [0, 0.1) is 11.8 Å². The summed E-state index contributed by atoms with van der Waals surface area (Å²) in [6.07, 6.45) is 5.24. The van der Waals surface area contributed by atoms with Crippen LogP contribution in [-0.2, 0) is 10.5 Å². The minimum absolute atomic E-state index is 0.200. The molecule has 2 aliphatic rings. The molecule has 4 heteroatoms. The fourth-order valence-electron chi connectivity index (χ4n) is 3.65. The molecular weight excluding hydrogens is 282 g/mol. The third-order valence-electron chi connectivity index (χ3n) is 4.75. The highest BCUT2D eigenvalue weighted by molar-refractivity contribution is 7.99. The van der Waals surface area contributed by atoms with Gasteiger partial charge in [-0.2, -0.15) is 0 Å². The summed E-state index contributed by atoms with van der Waals surface area (Å²) >= 11 is 1.68. The molecule has 0 saturated heterocycles. The lowest BCUT2D eigenvalue weighted by molar-refractivity contribution is -0.119. The predicted octanol–water partition coefficient (Wildman–Crippen LogP) is 3.23. The van der Waals surface area contributed by atoms with Gasteiger partial charge in [0.15, 0.2) is 0 Å². The predicted molar refractivity (Wildman–Crippen MR) is 86.5 cm³/mol. The second-order valence-electron chi connectivity index (χ2n) is 6.19. The summed E-state index contributed by atoms with van der Waals surface area (Å²) in [5.74, 6) is 4.13. The van der Waals surface area contributed by atoms with Crippen LogP contribution < -0.4 is 10.1 Å². The molecule has 0 spiro atoms. The van der Waals surface area contributed by atoms with Gasteiger partial charge in [0.1, 0.15) is 5.75 Å². The number of ether oxygens (including phenoxy) is 1. The molecule has 3 atom stereocenters. The van der Waals surface area contributed by atoms with E-state index >= 15 is 0 Å². The molecule has 0 aliphatic heterocycles. The van der Waals surface area contributed by atoms with E-state index in [0.717, 1.165) is 23.3 Å². The van der Waals surface area contributed by atoms with Crippen LogP contribution in [0.3, 0.4) is 0 Å². The minimum Gasteiger partial charge on any atom is -0.497 e. The molecule has 114 valence electrons. The van der Waals surface area contributed by atoms with Crippen LogP contribution in [0.2, 0.25) is 0 Å². The first-order valence-corrected chi connectivity index (χ1v) is 8.90. The number of methoxy groups -OCH3 is 1. The molecule has 2 fully saturated rings. The third kappa shape index (κ3) is 3.73. The van der Waals surface area contributed by atoms with Crippen molar-refractivity contribution in [1.82, 2.24) is 5.32 Å². The van der Waals surface area contributed by atoms with Gasteiger partial charge in [-0.1, -0.05) is 18.6 Å². The zero-order chi connectivity index (χ0) is 14.7. The van der Waals surface area contributed by atoms with E-state index in [9.17, 15) is 4.79 Å². The van der Waals surface area contributed by atoms with Crippen molar-refractivity contribution in [2.24, 2.45) is 11.8 Å². The Morgan fingerprint density at radius 2 is 2.10 bits per heavy atom. The fraction of sp³-hybridized carbons (Fsp3) is 0.588. The first-order chi connectivity index (χ1) is 10.2. The first-order valence-electron chi connectivity index (χ1n) is 7.74. The normalized spacial score (nSPS) is 26.8. The molecule has 0 radical (unpaired) electrons. The molecule has 2 saturated carbocycles. The van der Waals surface area contributed by atoms with E-state index < -0.39 is 0 Å². The smallest absolute Gasteiger partial charge is 0.230 e. The highest BCUT2D eigenvalue weighted by Crippen LogP contribution is 2.44. The second kappa shape index (κ2) is 6.73. The molecule has 1 aromatic rings. The van der Waals surface area contributed by atoms with Gasteiger partial charge >= 0.3 is 0 Å². The number of fused-ring (bicyclic) bond motifs is 2. The van der Waals surface area contributed by atoms with Crippen molar-refractivity contribution in [3.8, 4) is 5.75 Å². The number of benzene rings is 1. The van der Waals surface area contributed by atoms with Crippen LogP contribution in [0.15, 0.2) is 24.3 Å². The van der Waals surface area contributed by atoms with Crippen LogP contribution in [0.25, 0.3) is 0 Å². The van der Waals surface area contributed by atoms with Gasteiger partial charge in [0.05, 0.1) is 12.9 Å². The van der Waals surface area contributed by atoms with Gasteiger partial charge in [-0.25, -0.2) is 0 Å². The number of carbonyl (C=O) groups excluding carboxylic acids is 1. The summed E-state index contributed by atoms with van der Waals surface area (Å²) in [7, 11) is 1.67. The van der Waals surface area contributed by atoms with E-state index in [1.807, 2.05) is 12.1 Å². The maximum absolute atomic E-state index is 12.0. The zero-order valence-electron chi connectivity index (χ0n) is 12.5. The molecular formula is C17H23NO2S. The quantitative estimate of drug-likeness (QED) is 0.877. The number of carbonyl (C=O) groups is 1. The van der Waals surface area contributed by atoms with Crippen LogP contribution in [-0.4, -0.2) is 24.8 Å². The maximum atomic E-state index is 12.0. The summed E-state index contributed by atoms with van der Waals surface area (Å²) in [6, 6.07) is 8.49. The molecule has 3 nitrogen and oxygen atoms in total. The van der Waals surface area contributed by atoms with Crippen molar-refractivity contribution in [3.63, 3.8) is 0 Å². The zero-order valence-corrected chi connectivity index (χ0v) is 13.3. The van der Waals surface area contributed by atoms with Gasteiger partial charge in [0.2, 0.25) is 5.91 Å². The molecule has 2 bridgehead atoms. The lowest BCUT2D eigenvalue weighted by Crippen LogP contribution is -2.39. The Bertz CT molecular complexity index is 488. The Balaban J connectivity index is 1.37. The van der Waals surface area contributed by atoms with Crippen molar-refractivity contribution in [3.05, 3.63) is 29.8 Å². The Hall–Kier alpha value is -1.16. The van der Waals surface area contributed by atoms with E-state index in [4.69, 9.17) is 4.74 Å². The second-order valence-corrected chi connectivity index (χ2v) is 7.18. The average molecular weight is 305 g/mol. The number of thioether (sulfide) groups is 1. The molecule has 21 heavy (non-hydrogen) atoms. The van der Waals surface area contributed by atoms with Crippen molar-refractivity contribution in [1.29, 1.82) is 0 Å². The van der Waals surface area contributed by atoms with E-state index in [2.05, 4.69) is 17.4 Å². The Morgan fingerprint density at radius 1 is 1.29 bits per heavy atom. The summed E-state index contributed by atoms with van der Waals surface area (Å²) in [5.41, 5.74) is 1.23. The molecule has 0 heterocycles. The summed E-state index contributed by atoms with van der Waals surface area (Å²) in [4.78, 5) is 12.0. The standard InChI is InChI=1S/C17H23NO2S/c1-20-15-6-3-12(4-7-15)10-21-11-17(19)18-16-9-13-2-5-14(16)8-13/h3-4,6-7,13-14,16H,2,5,8-11H2,1H3,(H,18,19). The Labute approximate surface area is 130 Å². The van der Waals surface area contributed by atoms with Crippen molar-refractivity contribution < 1.29 is 9.53 Å². The highest BCUT2D eigenvalue weighted by atomic mass is 32.2. The topological polar surface area (TPSA) is 38.3 Å². The number of hydrogen-bond acceptors (Lipinski definition) is 3. The number of nitrogens with one attached hydrogen (secondary N) is 1. The van der Waals surface area contributed by atoms with Gasteiger partial charge in [0.25, 0.3) is 0 Å². The van der Waals surface area contributed by atoms with E-state index in [-0.39, 0.29) is 5.91 Å². The first kappa shape index (κ1) is 14.8. The van der Waals surface area contributed by atoms with Crippen molar-refractivity contribution in [2.75, 3.05) is 12.9 Å². The molecule has 2 aliphatic carbocycles. The largest absolute Gasteiger partial charge is 0.497 e. The lowest BCUT2D eigenvalue weighted by Gasteiger charge is -2.22. The van der Waals surface area contributed by atoms with E-state index in [1.54, 1.807) is 18.9 Å². The highest BCUT2D eigenvalue weighted by Gasteiger charge is 2.39. The monoisotopic (exact) mass is 305 g/mol. The van der Waals surface area contributed by atoms with Gasteiger partial charge in [-0.3, -0.25) is 4.79 Å². The summed E-state index contributed by atoms with van der Waals surface area (Å²) < 4.78 is 5.14. The number of hydrogen-bond donors (Lipinski definition) is 1. The average Bonchev–Trinajstić information content (AvgIpc) is 3.10. The van der Waals surface area contributed by atoms with Gasteiger partial charge < -0.3 is 10.1 Å². The number of amides is 1. The molecule has 1 N–H and O–H groups in total. The molecule has 1 aromatic carbocycles. The van der Waals surface area contributed by atoms with Crippen LogP contribution >= 0.6 is 11.8 Å². The SMILES string of the molecule is COc1ccc(CSCC(=O)NC2CC3CCC2C3)cc1. The van der Waals surface area contributed by atoms with Crippen LogP contribution in [0.1, 0.15) is 31.2 Å². The molecule has 3 rings (SSSR count). The van der Waals surface area contributed by atoms with Crippen LogP contribution in [0.4, 0.5) is 0 Å². The van der Waals surface area contributed by atoms with Crippen molar-refractivity contribution >= 4 is 17.7 Å². The Morgan fingerprint density at radius 3 is 2.71 bits per heavy atom. The van der Waals surface area contributed by atoms with E-state index in [1.165, 1.54) is 31.2 Å².